The van der Waals surface area contributed by atoms with E-state index in [4.69, 9.17) is 4.98 Å². The Hall–Kier alpha value is -5.12. The van der Waals surface area contributed by atoms with Crippen LogP contribution in [0.1, 0.15) is 20.8 Å². The van der Waals surface area contributed by atoms with Gasteiger partial charge in [0.15, 0.2) is 5.82 Å². The Balaban J connectivity index is 1.41. The first kappa shape index (κ1) is 24.2. The average Bonchev–Trinajstić information content (AvgIpc) is 3.51. The van der Waals surface area contributed by atoms with E-state index in [9.17, 15) is 14.3 Å². The van der Waals surface area contributed by atoms with Crippen LogP contribution in [0.4, 0.5) is 10.1 Å². The van der Waals surface area contributed by atoms with Crippen molar-refractivity contribution in [1.82, 2.24) is 30.1 Å². The Morgan fingerprint density at radius 1 is 0.949 bits per heavy atom. The summed E-state index contributed by atoms with van der Waals surface area (Å²) < 4.78 is 14.0. The van der Waals surface area contributed by atoms with Crippen molar-refractivity contribution in [2.45, 2.75) is 20.8 Å². The molecule has 10 heteroatoms. The van der Waals surface area contributed by atoms with Gasteiger partial charge in [0, 0.05) is 40.4 Å². The molecule has 1 amide bonds. The number of pyridine rings is 2. The topological polar surface area (TPSA) is 132 Å². The fraction of sp³-hybridized carbons (Fsp3) is 0.138. The highest BCUT2D eigenvalue weighted by atomic mass is 19.1. The quantitative estimate of drug-likeness (QED) is 0.223. The smallest absolute Gasteiger partial charge is 0.229 e. The fourth-order valence-electron chi connectivity index (χ4n) is 4.33. The summed E-state index contributed by atoms with van der Waals surface area (Å²) in [5.74, 6) is -0.349. The summed E-state index contributed by atoms with van der Waals surface area (Å²) in [6, 6.07) is 13.3. The number of benzene rings is 2. The van der Waals surface area contributed by atoms with Gasteiger partial charge >= 0.3 is 0 Å². The zero-order valence-corrected chi connectivity index (χ0v) is 21.4. The number of hydrogen-bond donors (Lipinski definition) is 4. The van der Waals surface area contributed by atoms with E-state index in [1.54, 1.807) is 24.7 Å². The van der Waals surface area contributed by atoms with Crippen molar-refractivity contribution in [2.75, 3.05) is 5.32 Å². The lowest BCUT2D eigenvalue weighted by atomic mass is 9.95. The summed E-state index contributed by atoms with van der Waals surface area (Å²) in [5, 5.41) is 21.2. The second-order valence-corrected chi connectivity index (χ2v) is 10.3. The zero-order valence-electron chi connectivity index (χ0n) is 21.4. The van der Waals surface area contributed by atoms with Crippen LogP contribution in [-0.4, -0.2) is 41.1 Å². The number of anilines is 1. The number of nitrogens with zero attached hydrogens (tertiary/aromatic N) is 4. The Bertz CT molecular complexity index is 1860. The third-order valence-corrected chi connectivity index (χ3v) is 6.35. The van der Waals surface area contributed by atoms with Crippen LogP contribution in [0.5, 0.6) is 5.75 Å². The van der Waals surface area contributed by atoms with Gasteiger partial charge in [0.2, 0.25) is 5.91 Å². The number of carbonyl (C=O) groups excluding carboxylic acids is 1. The summed E-state index contributed by atoms with van der Waals surface area (Å²) >= 11 is 0. The SMILES string of the molecule is CC(C)(C)C(=O)Nc1cncc(-c2ccc3[nH]nc(-c4nc5c(-c6cc(O)cc(F)c6)nccc5[nH]4)c3c2)c1. The van der Waals surface area contributed by atoms with Gasteiger partial charge in [-0.05, 0) is 42.0 Å². The first-order valence-corrected chi connectivity index (χ1v) is 12.3. The number of H-pyrrole nitrogens is 2. The third kappa shape index (κ3) is 4.56. The highest BCUT2D eigenvalue weighted by Crippen LogP contribution is 2.33. The second-order valence-electron chi connectivity index (χ2n) is 10.3. The minimum Gasteiger partial charge on any atom is -0.508 e. The van der Waals surface area contributed by atoms with Gasteiger partial charge in [0.25, 0.3) is 0 Å². The van der Waals surface area contributed by atoms with Crippen molar-refractivity contribution in [3.05, 3.63) is 72.9 Å². The van der Waals surface area contributed by atoms with E-state index in [1.807, 2.05) is 45.0 Å². The molecule has 6 rings (SSSR count). The lowest BCUT2D eigenvalue weighted by Crippen LogP contribution is -2.27. The molecule has 0 aliphatic carbocycles. The van der Waals surface area contributed by atoms with Gasteiger partial charge in [-0.25, -0.2) is 9.37 Å². The van der Waals surface area contributed by atoms with Crippen molar-refractivity contribution in [3.63, 3.8) is 0 Å². The molecule has 0 unspecified atom stereocenters. The second kappa shape index (κ2) is 9.02. The molecule has 0 atom stereocenters. The summed E-state index contributed by atoms with van der Waals surface area (Å²) in [7, 11) is 0. The number of aromatic hydroxyl groups is 1. The molecule has 194 valence electrons. The van der Waals surface area contributed by atoms with Gasteiger partial charge in [-0.3, -0.25) is 19.9 Å². The van der Waals surface area contributed by atoms with Crippen LogP contribution >= 0.6 is 0 Å². The van der Waals surface area contributed by atoms with Crippen LogP contribution in [0, 0.1) is 11.2 Å². The van der Waals surface area contributed by atoms with Crippen molar-refractivity contribution in [2.24, 2.45) is 5.41 Å². The molecule has 39 heavy (non-hydrogen) atoms. The molecule has 0 saturated carbocycles. The highest BCUT2D eigenvalue weighted by Gasteiger charge is 2.22. The van der Waals surface area contributed by atoms with E-state index in [-0.39, 0.29) is 11.7 Å². The predicted octanol–water partition coefficient (Wildman–Crippen LogP) is 6.06. The first-order chi connectivity index (χ1) is 18.7. The van der Waals surface area contributed by atoms with E-state index in [0.29, 0.717) is 39.5 Å². The molecule has 9 nitrogen and oxygen atoms in total. The monoisotopic (exact) mass is 521 g/mol. The van der Waals surface area contributed by atoms with E-state index in [1.165, 1.54) is 12.1 Å². The largest absolute Gasteiger partial charge is 0.508 e. The maximum Gasteiger partial charge on any atom is 0.229 e. The molecule has 4 N–H and O–H groups in total. The fourth-order valence-corrected chi connectivity index (χ4v) is 4.33. The minimum atomic E-state index is -0.568. The number of imidazole rings is 1. The molecular weight excluding hydrogens is 497 g/mol. The number of carbonyl (C=O) groups is 1. The van der Waals surface area contributed by atoms with Gasteiger partial charge in [-0.1, -0.05) is 26.8 Å². The molecule has 0 spiro atoms. The molecule has 4 heterocycles. The first-order valence-electron chi connectivity index (χ1n) is 12.3. The van der Waals surface area contributed by atoms with Crippen LogP contribution in [0.15, 0.2) is 67.1 Å². The number of aromatic amines is 2. The van der Waals surface area contributed by atoms with Crippen LogP contribution in [0.3, 0.4) is 0 Å². The Morgan fingerprint density at radius 2 is 1.79 bits per heavy atom. The number of aromatic nitrogens is 6. The molecule has 6 aromatic rings. The number of phenolic OH excluding ortho intramolecular Hbond substituents is 1. The van der Waals surface area contributed by atoms with E-state index < -0.39 is 11.2 Å². The van der Waals surface area contributed by atoms with Crippen molar-refractivity contribution >= 4 is 33.5 Å². The third-order valence-electron chi connectivity index (χ3n) is 6.35. The summed E-state index contributed by atoms with van der Waals surface area (Å²) in [6.07, 6.45) is 4.95. The van der Waals surface area contributed by atoms with Crippen LogP contribution in [0.2, 0.25) is 0 Å². The average molecular weight is 522 g/mol. The normalized spacial score (nSPS) is 11.8. The molecule has 0 aliphatic rings. The number of hydrogen-bond acceptors (Lipinski definition) is 6. The molecule has 0 saturated heterocycles. The van der Waals surface area contributed by atoms with Gasteiger partial charge in [-0.2, -0.15) is 5.10 Å². The van der Waals surface area contributed by atoms with E-state index >= 15 is 0 Å². The Kier molecular flexibility index (Phi) is 5.60. The lowest BCUT2D eigenvalue weighted by Gasteiger charge is -2.17. The summed E-state index contributed by atoms with van der Waals surface area (Å²) in [4.78, 5) is 29.2. The lowest BCUT2D eigenvalue weighted by molar-refractivity contribution is -0.123. The number of nitrogens with one attached hydrogen (secondary N) is 3. The molecule has 0 radical (unpaired) electrons. The summed E-state index contributed by atoms with van der Waals surface area (Å²) in [5.41, 5.74) is 5.28. The maximum absolute atomic E-state index is 14.0. The van der Waals surface area contributed by atoms with Crippen LogP contribution in [-0.2, 0) is 4.79 Å². The molecular formula is C29H24FN7O2. The van der Waals surface area contributed by atoms with Gasteiger partial charge in [-0.15, -0.1) is 0 Å². The van der Waals surface area contributed by atoms with Crippen molar-refractivity contribution in [3.8, 4) is 39.7 Å². The van der Waals surface area contributed by atoms with E-state index in [2.05, 4.69) is 30.5 Å². The standard InChI is InChI=1S/C29H24FN7O2/c1-29(2,3)28(39)33-19-9-17(13-31-14-19)15-4-5-22-21(11-15)25(37-36-22)27-34-23-6-7-32-24(26(23)35-27)16-8-18(30)12-20(38)10-16/h4-14,38H,1-3H3,(H,33,39)(H,34,35)(H,36,37). The van der Waals surface area contributed by atoms with Gasteiger partial charge < -0.3 is 15.4 Å². The molecule has 0 bridgehead atoms. The molecule has 4 aromatic heterocycles. The van der Waals surface area contributed by atoms with Crippen LogP contribution < -0.4 is 5.32 Å². The number of amides is 1. The Labute approximate surface area is 222 Å². The van der Waals surface area contributed by atoms with E-state index in [0.717, 1.165) is 28.1 Å². The predicted molar refractivity (Wildman–Crippen MR) is 147 cm³/mol. The number of fused-ring (bicyclic) bond motifs is 2. The summed E-state index contributed by atoms with van der Waals surface area (Å²) in [6.45, 7) is 5.56. The molecule has 0 fully saturated rings. The number of halogens is 1. The van der Waals surface area contributed by atoms with Gasteiger partial charge in [0.1, 0.15) is 22.8 Å². The maximum atomic E-state index is 14.0. The molecule has 0 aliphatic heterocycles. The molecule has 2 aromatic carbocycles. The number of phenols is 1. The number of rotatable bonds is 4. The minimum absolute atomic E-state index is 0.0961. The van der Waals surface area contributed by atoms with Crippen molar-refractivity contribution < 1.29 is 14.3 Å². The van der Waals surface area contributed by atoms with Crippen LogP contribution in [0.25, 0.3) is 55.8 Å². The van der Waals surface area contributed by atoms with Crippen molar-refractivity contribution in [1.29, 1.82) is 0 Å². The van der Waals surface area contributed by atoms with Gasteiger partial charge in [0.05, 0.1) is 28.6 Å². The highest BCUT2D eigenvalue weighted by molar-refractivity contribution is 5.98. The Morgan fingerprint density at radius 3 is 2.59 bits per heavy atom. The zero-order chi connectivity index (χ0) is 27.3.